The van der Waals surface area contributed by atoms with Crippen LogP contribution >= 0.6 is 0 Å². The summed E-state index contributed by atoms with van der Waals surface area (Å²) in [6.45, 7) is -0.716. The lowest BCUT2D eigenvalue weighted by Crippen LogP contribution is -2.37. The molecule has 2 fully saturated rings. The van der Waals surface area contributed by atoms with Crippen molar-refractivity contribution in [2.24, 2.45) is 0 Å². The number of halogens is 2. The summed E-state index contributed by atoms with van der Waals surface area (Å²) in [5, 5.41) is 17.6. The number of carbonyl (C=O) groups is 2. The molecule has 10 nitrogen and oxygen atoms in total. The first kappa shape index (κ1) is 36.7. The Labute approximate surface area is 288 Å². The van der Waals surface area contributed by atoms with Crippen LogP contribution in [-0.2, 0) is 28.4 Å². The van der Waals surface area contributed by atoms with Crippen molar-refractivity contribution in [3.63, 3.8) is 0 Å². The van der Waals surface area contributed by atoms with E-state index in [0.29, 0.717) is 5.56 Å². The van der Waals surface area contributed by atoms with Crippen molar-refractivity contribution in [3.05, 3.63) is 120 Å². The lowest BCUT2D eigenvalue weighted by Gasteiger charge is -2.19. The molecule has 0 aliphatic carbocycles. The smallest absolute Gasteiger partial charge is 0.338 e. The molecule has 2 saturated heterocycles. The zero-order valence-corrected chi connectivity index (χ0v) is 27.3. The van der Waals surface area contributed by atoms with Gasteiger partial charge in [0.1, 0.15) is 24.9 Å². The van der Waals surface area contributed by atoms with Crippen molar-refractivity contribution >= 4 is 11.9 Å². The number of rotatable bonds is 10. The third kappa shape index (κ3) is 8.77. The van der Waals surface area contributed by atoms with Crippen LogP contribution in [-0.4, -0.2) is 98.9 Å². The van der Waals surface area contributed by atoms with Crippen LogP contribution in [0.3, 0.4) is 0 Å². The maximum atomic E-state index is 15.0. The van der Waals surface area contributed by atoms with Crippen LogP contribution in [0.5, 0.6) is 0 Å². The van der Waals surface area contributed by atoms with Gasteiger partial charge in [0.25, 0.3) is 0 Å². The first-order valence-corrected chi connectivity index (χ1v) is 15.9. The number of alkyl halides is 2. The van der Waals surface area contributed by atoms with E-state index < -0.39 is 67.9 Å². The van der Waals surface area contributed by atoms with E-state index in [0.717, 1.165) is 22.3 Å². The van der Waals surface area contributed by atoms with E-state index >= 15 is 4.39 Å². The molecular weight excluding hydrogens is 654 g/mol. The number of aliphatic hydroxyl groups excluding tert-OH is 2. The quantitative estimate of drug-likeness (QED) is 0.215. The van der Waals surface area contributed by atoms with E-state index in [4.69, 9.17) is 33.9 Å². The van der Waals surface area contributed by atoms with Gasteiger partial charge >= 0.3 is 11.9 Å². The molecule has 264 valence electrons. The Hall–Kier alpha value is -4.56. The highest BCUT2D eigenvalue weighted by Crippen LogP contribution is 2.29. The number of benzene rings is 4. The molecule has 8 atom stereocenters. The van der Waals surface area contributed by atoms with Gasteiger partial charge in [-0.15, -0.1) is 0 Å². The predicted molar refractivity (Wildman–Crippen MR) is 177 cm³/mol. The average molecular weight is 693 g/mol. The summed E-state index contributed by atoms with van der Waals surface area (Å²) < 4.78 is 58.7. The fourth-order valence-corrected chi connectivity index (χ4v) is 5.47. The molecule has 4 aromatic carbocycles. The Morgan fingerprint density at radius 3 is 1.52 bits per heavy atom. The summed E-state index contributed by atoms with van der Waals surface area (Å²) in [6.07, 6.45) is -10.1. The highest BCUT2D eigenvalue weighted by molar-refractivity contribution is 5.91. The molecule has 0 amide bonds. The number of esters is 2. The first-order chi connectivity index (χ1) is 24.2. The molecule has 0 radical (unpaired) electrons. The van der Waals surface area contributed by atoms with E-state index in [1.54, 1.807) is 36.4 Å². The van der Waals surface area contributed by atoms with Crippen LogP contribution in [0.2, 0.25) is 0 Å². The third-order valence-electron chi connectivity index (χ3n) is 8.25. The minimum Gasteiger partial charge on any atom is -0.459 e. The molecule has 4 aromatic rings. The largest absolute Gasteiger partial charge is 0.459 e. The second-order valence-corrected chi connectivity index (χ2v) is 11.5. The van der Waals surface area contributed by atoms with E-state index in [1.165, 1.54) is 14.2 Å². The Bertz CT molecular complexity index is 1640. The van der Waals surface area contributed by atoms with Crippen molar-refractivity contribution in [1.29, 1.82) is 0 Å². The van der Waals surface area contributed by atoms with Crippen LogP contribution in [0.25, 0.3) is 22.3 Å². The van der Waals surface area contributed by atoms with Gasteiger partial charge in [-0.05, 0) is 46.5 Å². The van der Waals surface area contributed by atoms with Gasteiger partial charge in [0.05, 0.1) is 17.7 Å². The molecule has 0 bridgehead atoms. The Kier molecular flexibility index (Phi) is 12.8. The average Bonchev–Trinajstić information content (AvgIpc) is 3.63. The molecule has 6 rings (SSSR count). The van der Waals surface area contributed by atoms with Gasteiger partial charge in [-0.25, -0.2) is 18.4 Å². The highest BCUT2D eigenvalue weighted by atomic mass is 19.1. The SMILES string of the molecule is COC1O[C@H](CO)[C@@H](O)[C@@H]1F.COC1O[C@H](COC(=O)c2ccc(-c3ccccc3)cc2)[C@@H](OC(=O)c2ccc(-c3ccccc3)cc2)[C@@H]1F. The van der Waals surface area contributed by atoms with E-state index in [1.807, 2.05) is 72.8 Å². The van der Waals surface area contributed by atoms with Crippen molar-refractivity contribution in [1.82, 2.24) is 0 Å². The van der Waals surface area contributed by atoms with Crippen molar-refractivity contribution in [2.75, 3.05) is 27.4 Å². The number of aliphatic hydroxyl groups is 2. The van der Waals surface area contributed by atoms with E-state index in [-0.39, 0.29) is 12.2 Å². The molecule has 2 heterocycles. The standard InChI is InChI=1S/C32H27FO6.C6H11FO4/c1-36-32-28(33)29(39-31(35)26-18-14-24(15-19-26)22-10-6-3-7-11-22)27(38-32)20-37-30(34)25-16-12-23(13-17-25)21-8-4-2-5-9-21;1-10-6-4(7)5(9)3(2-8)11-6/h2-19,27-29,32H,20H2,1H3;3-6,8-9H,2H2,1H3/t27-,28+,29-,32?;3-,4+,5-,6?/m11/s1. The maximum Gasteiger partial charge on any atom is 0.338 e. The minimum atomic E-state index is -1.75. The molecule has 50 heavy (non-hydrogen) atoms. The molecule has 0 spiro atoms. The fourth-order valence-electron chi connectivity index (χ4n) is 5.47. The van der Waals surface area contributed by atoms with Crippen LogP contribution in [0.1, 0.15) is 20.7 Å². The summed E-state index contributed by atoms with van der Waals surface area (Å²) in [5.41, 5.74) is 4.51. The Morgan fingerprint density at radius 2 is 1.08 bits per heavy atom. The third-order valence-corrected chi connectivity index (χ3v) is 8.25. The van der Waals surface area contributed by atoms with E-state index in [2.05, 4.69) is 4.74 Å². The summed E-state index contributed by atoms with van der Waals surface area (Å²) >= 11 is 0. The van der Waals surface area contributed by atoms with Crippen molar-refractivity contribution in [2.45, 2.75) is 49.3 Å². The highest BCUT2D eigenvalue weighted by Gasteiger charge is 2.49. The molecule has 2 aliphatic rings. The van der Waals surface area contributed by atoms with Gasteiger partial charge in [0.15, 0.2) is 31.0 Å². The molecule has 0 saturated carbocycles. The van der Waals surface area contributed by atoms with E-state index in [9.17, 15) is 14.0 Å². The van der Waals surface area contributed by atoms with Gasteiger partial charge in [-0.1, -0.05) is 84.9 Å². The van der Waals surface area contributed by atoms with Gasteiger partial charge in [0, 0.05) is 14.2 Å². The zero-order valence-electron chi connectivity index (χ0n) is 27.3. The van der Waals surface area contributed by atoms with Crippen LogP contribution in [0, 0.1) is 0 Å². The topological polar surface area (TPSA) is 130 Å². The molecular formula is C38H38F2O10. The Balaban J connectivity index is 0.000000377. The molecule has 12 heteroatoms. The lowest BCUT2D eigenvalue weighted by molar-refractivity contribution is -0.142. The molecule has 2 N–H and O–H groups in total. The summed E-state index contributed by atoms with van der Waals surface area (Å²) in [5.74, 6) is -1.31. The molecule has 0 aromatic heterocycles. The van der Waals surface area contributed by atoms with Gasteiger partial charge in [-0.2, -0.15) is 0 Å². The maximum absolute atomic E-state index is 15.0. The monoisotopic (exact) mass is 692 g/mol. The number of ether oxygens (including phenoxy) is 6. The molecule has 2 unspecified atom stereocenters. The summed E-state index contributed by atoms with van der Waals surface area (Å²) in [6, 6.07) is 33.3. The first-order valence-electron chi connectivity index (χ1n) is 15.9. The van der Waals surface area contributed by atoms with Gasteiger partial charge in [0.2, 0.25) is 0 Å². The number of hydrogen-bond donors (Lipinski definition) is 2. The zero-order chi connectivity index (χ0) is 35.6. The summed E-state index contributed by atoms with van der Waals surface area (Å²) in [7, 11) is 2.57. The molecule has 2 aliphatic heterocycles. The normalized spacial score (nSPS) is 25.7. The number of hydrogen-bond acceptors (Lipinski definition) is 10. The van der Waals surface area contributed by atoms with Gasteiger partial charge in [-0.3, -0.25) is 0 Å². The second kappa shape index (κ2) is 17.4. The summed E-state index contributed by atoms with van der Waals surface area (Å²) in [4.78, 5) is 25.5. The fraction of sp³-hybridized carbons (Fsp3) is 0.316. The van der Waals surface area contributed by atoms with Crippen molar-refractivity contribution < 1.29 is 57.0 Å². The minimum absolute atomic E-state index is 0.261. The van der Waals surface area contributed by atoms with Crippen LogP contribution in [0.15, 0.2) is 109 Å². The Morgan fingerprint density at radius 1 is 0.640 bits per heavy atom. The van der Waals surface area contributed by atoms with Crippen LogP contribution in [0.4, 0.5) is 8.78 Å². The van der Waals surface area contributed by atoms with Gasteiger partial charge < -0.3 is 38.6 Å². The predicted octanol–water partition coefficient (Wildman–Crippen LogP) is 5.16. The second-order valence-electron chi connectivity index (χ2n) is 11.5. The lowest BCUT2D eigenvalue weighted by atomic mass is 10.0. The number of carbonyl (C=O) groups excluding carboxylic acids is 2. The number of methoxy groups -OCH3 is 2. The van der Waals surface area contributed by atoms with Crippen molar-refractivity contribution in [3.8, 4) is 22.3 Å². The van der Waals surface area contributed by atoms with Crippen LogP contribution < -0.4 is 0 Å².